The quantitative estimate of drug-likeness (QED) is 0.692. The van der Waals surface area contributed by atoms with Crippen molar-refractivity contribution in [2.24, 2.45) is 7.05 Å². The van der Waals surface area contributed by atoms with Gasteiger partial charge < -0.3 is 9.32 Å². The van der Waals surface area contributed by atoms with Crippen molar-refractivity contribution in [3.63, 3.8) is 0 Å². The van der Waals surface area contributed by atoms with Gasteiger partial charge in [0, 0.05) is 24.8 Å². The number of hydrogen-bond acceptors (Lipinski definition) is 3. The predicted octanol–water partition coefficient (Wildman–Crippen LogP) is 2.33. The third kappa shape index (κ3) is 1.79. The molecule has 0 aliphatic carbocycles. The number of aromatic nitrogens is 1. The maximum absolute atomic E-state index is 12.7. The lowest BCUT2D eigenvalue weighted by atomic mass is 10.1. The molecule has 0 bridgehead atoms. The Hall–Kier alpha value is -2.82. The van der Waals surface area contributed by atoms with Crippen molar-refractivity contribution >= 4 is 22.7 Å². The molecule has 1 aliphatic heterocycles. The van der Waals surface area contributed by atoms with Gasteiger partial charge in [0.15, 0.2) is 5.58 Å². The number of hydrogen-bond donors (Lipinski definition) is 0. The summed E-state index contributed by atoms with van der Waals surface area (Å²) >= 11 is 0. The summed E-state index contributed by atoms with van der Waals surface area (Å²) in [6.45, 7) is 0.676. The number of anilines is 1. The van der Waals surface area contributed by atoms with E-state index in [0.29, 0.717) is 23.2 Å². The molecular weight excluding hydrogens is 280 g/mol. The van der Waals surface area contributed by atoms with Crippen molar-refractivity contribution in [3.05, 3.63) is 64.1 Å². The number of carbonyl (C=O) groups is 1. The smallest absolute Gasteiger partial charge is 0.408 e. The fourth-order valence-corrected chi connectivity index (χ4v) is 2.97. The van der Waals surface area contributed by atoms with Gasteiger partial charge in [-0.3, -0.25) is 9.36 Å². The summed E-state index contributed by atoms with van der Waals surface area (Å²) in [5.41, 5.74) is 3.79. The SMILES string of the molecule is Cn1c(=O)oc2cc(C(=O)N3CCc4ccccc43)ccc21. The van der Waals surface area contributed by atoms with Gasteiger partial charge in [-0.1, -0.05) is 18.2 Å². The van der Waals surface area contributed by atoms with Gasteiger partial charge in [-0.2, -0.15) is 0 Å². The lowest BCUT2D eigenvalue weighted by molar-refractivity contribution is 0.0989. The zero-order chi connectivity index (χ0) is 15.3. The normalized spacial score (nSPS) is 13.6. The first kappa shape index (κ1) is 12.9. The van der Waals surface area contributed by atoms with Gasteiger partial charge in [-0.15, -0.1) is 0 Å². The highest BCUT2D eigenvalue weighted by atomic mass is 16.4. The Balaban J connectivity index is 1.76. The Morgan fingerprint density at radius 3 is 2.86 bits per heavy atom. The number of carbonyl (C=O) groups excluding carboxylic acids is 1. The monoisotopic (exact) mass is 294 g/mol. The number of para-hydroxylation sites is 1. The average Bonchev–Trinajstić information content (AvgIpc) is 3.08. The van der Waals surface area contributed by atoms with Crippen molar-refractivity contribution in [2.45, 2.75) is 6.42 Å². The van der Waals surface area contributed by atoms with Crippen molar-refractivity contribution in [2.75, 3.05) is 11.4 Å². The van der Waals surface area contributed by atoms with Crippen molar-refractivity contribution in [3.8, 4) is 0 Å². The number of rotatable bonds is 1. The second-order valence-corrected chi connectivity index (χ2v) is 5.44. The van der Waals surface area contributed by atoms with Crippen LogP contribution >= 0.6 is 0 Å². The molecule has 2 aromatic carbocycles. The van der Waals surface area contributed by atoms with Crippen LogP contribution in [0.1, 0.15) is 15.9 Å². The maximum Gasteiger partial charge on any atom is 0.419 e. The molecule has 110 valence electrons. The van der Waals surface area contributed by atoms with Gasteiger partial charge in [-0.05, 0) is 36.2 Å². The molecule has 0 N–H and O–H groups in total. The Kier molecular flexibility index (Phi) is 2.69. The topological polar surface area (TPSA) is 55.5 Å². The summed E-state index contributed by atoms with van der Waals surface area (Å²) in [4.78, 5) is 26.1. The summed E-state index contributed by atoms with van der Waals surface area (Å²) in [5, 5.41) is 0. The van der Waals surface area contributed by atoms with E-state index in [-0.39, 0.29) is 5.91 Å². The van der Waals surface area contributed by atoms with Crippen LogP contribution in [0.5, 0.6) is 0 Å². The molecule has 0 fully saturated rings. The first-order chi connectivity index (χ1) is 10.6. The summed E-state index contributed by atoms with van der Waals surface area (Å²) in [7, 11) is 1.65. The Morgan fingerprint density at radius 2 is 2.00 bits per heavy atom. The molecule has 3 aromatic rings. The van der Waals surface area contributed by atoms with Crippen LogP contribution in [0.2, 0.25) is 0 Å². The lowest BCUT2D eigenvalue weighted by Crippen LogP contribution is -2.28. The second kappa shape index (κ2) is 4.59. The Morgan fingerprint density at radius 1 is 1.18 bits per heavy atom. The number of aryl methyl sites for hydroxylation is 1. The highest BCUT2D eigenvalue weighted by Crippen LogP contribution is 2.29. The van der Waals surface area contributed by atoms with Gasteiger partial charge in [0.1, 0.15) is 0 Å². The summed E-state index contributed by atoms with van der Waals surface area (Å²) in [5.74, 6) is -0.496. The number of fused-ring (bicyclic) bond motifs is 2. The Bertz CT molecular complexity index is 952. The first-order valence-corrected chi connectivity index (χ1v) is 7.14. The molecule has 0 radical (unpaired) electrons. The van der Waals surface area contributed by atoms with Gasteiger partial charge in [0.2, 0.25) is 0 Å². The molecule has 22 heavy (non-hydrogen) atoms. The average molecular weight is 294 g/mol. The third-order valence-electron chi connectivity index (χ3n) is 4.17. The van der Waals surface area contributed by atoms with E-state index in [1.807, 2.05) is 24.3 Å². The first-order valence-electron chi connectivity index (χ1n) is 7.14. The van der Waals surface area contributed by atoms with Gasteiger partial charge in [-0.25, -0.2) is 4.79 Å². The van der Waals surface area contributed by atoms with Crippen LogP contribution in [-0.4, -0.2) is 17.0 Å². The van der Waals surface area contributed by atoms with E-state index in [1.165, 1.54) is 10.1 Å². The predicted molar refractivity (Wildman–Crippen MR) is 83.3 cm³/mol. The van der Waals surface area contributed by atoms with Gasteiger partial charge in [0.25, 0.3) is 5.91 Å². The van der Waals surface area contributed by atoms with E-state index in [2.05, 4.69) is 0 Å². The molecule has 5 nitrogen and oxygen atoms in total. The molecular formula is C17H14N2O3. The fraction of sp³-hybridized carbons (Fsp3) is 0.176. The molecule has 1 aliphatic rings. The number of amides is 1. The molecule has 2 heterocycles. The van der Waals surface area contributed by atoms with E-state index in [9.17, 15) is 9.59 Å². The summed E-state index contributed by atoms with van der Waals surface area (Å²) in [6, 6.07) is 13.0. The van der Waals surface area contributed by atoms with E-state index in [1.54, 1.807) is 30.1 Å². The minimum atomic E-state index is -0.425. The van der Waals surface area contributed by atoms with Gasteiger partial charge in [0.05, 0.1) is 5.52 Å². The number of nitrogens with zero attached hydrogens (tertiary/aromatic N) is 2. The van der Waals surface area contributed by atoms with Crippen LogP contribution < -0.4 is 10.7 Å². The molecule has 5 heteroatoms. The number of benzene rings is 2. The second-order valence-electron chi connectivity index (χ2n) is 5.44. The number of oxazole rings is 1. The van der Waals surface area contributed by atoms with Crippen molar-refractivity contribution in [1.82, 2.24) is 4.57 Å². The highest BCUT2D eigenvalue weighted by Gasteiger charge is 2.25. The van der Waals surface area contributed by atoms with Crippen LogP contribution in [0, 0.1) is 0 Å². The third-order valence-corrected chi connectivity index (χ3v) is 4.17. The van der Waals surface area contributed by atoms with E-state index in [4.69, 9.17) is 4.42 Å². The van der Waals surface area contributed by atoms with Crippen LogP contribution in [0.3, 0.4) is 0 Å². The molecule has 0 saturated heterocycles. The molecule has 0 atom stereocenters. The van der Waals surface area contributed by atoms with Gasteiger partial charge >= 0.3 is 5.76 Å². The van der Waals surface area contributed by atoms with Crippen LogP contribution in [0.4, 0.5) is 5.69 Å². The largest absolute Gasteiger partial charge is 0.419 e. The molecule has 1 amide bonds. The van der Waals surface area contributed by atoms with Crippen molar-refractivity contribution < 1.29 is 9.21 Å². The lowest BCUT2D eigenvalue weighted by Gasteiger charge is -2.17. The molecule has 0 spiro atoms. The summed E-state index contributed by atoms with van der Waals surface area (Å²) in [6.07, 6.45) is 0.866. The molecule has 4 rings (SSSR count). The molecule has 0 unspecified atom stereocenters. The van der Waals surface area contributed by atoms with E-state index < -0.39 is 5.76 Å². The zero-order valence-corrected chi connectivity index (χ0v) is 12.1. The van der Waals surface area contributed by atoms with Crippen LogP contribution in [0.15, 0.2) is 51.7 Å². The standard InChI is InChI=1S/C17H14N2O3/c1-18-14-7-6-12(10-15(14)22-17(18)21)16(20)19-9-8-11-4-2-3-5-13(11)19/h2-7,10H,8-9H2,1H3. The minimum Gasteiger partial charge on any atom is -0.408 e. The molecule has 0 saturated carbocycles. The summed E-state index contributed by atoms with van der Waals surface area (Å²) < 4.78 is 6.58. The van der Waals surface area contributed by atoms with Crippen LogP contribution in [0.25, 0.3) is 11.1 Å². The highest BCUT2D eigenvalue weighted by molar-refractivity contribution is 6.08. The maximum atomic E-state index is 12.7. The van der Waals surface area contributed by atoms with E-state index in [0.717, 1.165) is 12.1 Å². The fourth-order valence-electron chi connectivity index (χ4n) is 2.97. The van der Waals surface area contributed by atoms with Crippen molar-refractivity contribution in [1.29, 1.82) is 0 Å². The minimum absolute atomic E-state index is 0.0710. The molecule has 1 aromatic heterocycles. The zero-order valence-electron chi connectivity index (χ0n) is 12.1. The van der Waals surface area contributed by atoms with E-state index >= 15 is 0 Å². The van der Waals surface area contributed by atoms with Crippen LogP contribution in [-0.2, 0) is 13.5 Å². The Labute approximate surface area is 126 Å².